The Morgan fingerprint density at radius 3 is 2.44 bits per heavy atom. The lowest BCUT2D eigenvalue weighted by atomic mass is 9.96. The Morgan fingerprint density at radius 2 is 1.78 bits per heavy atom. The second kappa shape index (κ2) is 5.68. The molecule has 2 aromatic carbocycles. The normalized spacial score (nSPS) is 12.4. The van der Waals surface area contributed by atoms with Gasteiger partial charge in [-0.05, 0) is 48.6 Å². The highest BCUT2D eigenvalue weighted by atomic mass is 79.9. The molecule has 0 spiro atoms. The molecule has 18 heavy (non-hydrogen) atoms. The number of aryl methyl sites for hydroxylation is 2. The lowest BCUT2D eigenvalue weighted by molar-refractivity contribution is 0.718. The van der Waals surface area contributed by atoms with Gasteiger partial charge in [0.05, 0.1) is 0 Å². The summed E-state index contributed by atoms with van der Waals surface area (Å²) in [6.45, 7) is 4.22. The van der Waals surface area contributed by atoms with Crippen LogP contribution in [0.1, 0.15) is 28.3 Å². The van der Waals surface area contributed by atoms with Gasteiger partial charge in [0, 0.05) is 10.5 Å². The molecule has 1 unspecified atom stereocenters. The molecule has 0 saturated heterocycles. The van der Waals surface area contributed by atoms with Gasteiger partial charge in [0.15, 0.2) is 0 Å². The minimum atomic E-state index is 0.0444. The second-order valence-corrected chi connectivity index (χ2v) is 5.60. The topological polar surface area (TPSA) is 26.0 Å². The summed E-state index contributed by atoms with van der Waals surface area (Å²) in [4.78, 5) is 0. The molecule has 2 heteroatoms. The predicted octanol–water partition coefficient (Wildman–Crippen LogP) is 4.31. The van der Waals surface area contributed by atoms with Gasteiger partial charge in [-0.1, -0.05) is 52.3 Å². The fourth-order valence-electron chi connectivity index (χ4n) is 2.03. The Balaban J connectivity index is 2.19. The first-order valence-corrected chi connectivity index (χ1v) is 6.93. The molecule has 2 rings (SSSR count). The highest BCUT2D eigenvalue weighted by molar-refractivity contribution is 9.10. The van der Waals surface area contributed by atoms with E-state index in [0.717, 1.165) is 10.9 Å². The summed E-state index contributed by atoms with van der Waals surface area (Å²) in [7, 11) is 0. The van der Waals surface area contributed by atoms with Crippen molar-refractivity contribution in [2.24, 2.45) is 5.73 Å². The van der Waals surface area contributed by atoms with Gasteiger partial charge in [0.1, 0.15) is 0 Å². The number of benzene rings is 2. The smallest absolute Gasteiger partial charge is 0.0336 e. The van der Waals surface area contributed by atoms with Crippen molar-refractivity contribution >= 4 is 15.9 Å². The zero-order valence-electron chi connectivity index (χ0n) is 10.8. The Labute approximate surface area is 117 Å². The van der Waals surface area contributed by atoms with Gasteiger partial charge in [-0.3, -0.25) is 0 Å². The van der Waals surface area contributed by atoms with Crippen LogP contribution in [0, 0.1) is 13.8 Å². The molecule has 94 valence electrons. The highest BCUT2D eigenvalue weighted by Gasteiger charge is 2.09. The van der Waals surface area contributed by atoms with E-state index in [-0.39, 0.29) is 6.04 Å². The van der Waals surface area contributed by atoms with E-state index >= 15 is 0 Å². The molecule has 0 amide bonds. The zero-order chi connectivity index (χ0) is 13.1. The van der Waals surface area contributed by atoms with Gasteiger partial charge >= 0.3 is 0 Å². The van der Waals surface area contributed by atoms with E-state index in [9.17, 15) is 0 Å². The van der Waals surface area contributed by atoms with E-state index in [0.29, 0.717) is 0 Å². The predicted molar refractivity (Wildman–Crippen MR) is 80.7 cm³/mol. The molecule has 2 aromatic rings. The molecule has 1 atom stereocenters. The summed E-state index contributed by atoms with van der Waals surface area (Å²) < 4.78 is 1.13. The van der Waals surface area contributed by atoms with Crippen molar-refractivity contribution < 1.29 is 0 Å². The lowest BCUT2D eigenvalue weighted by Crippen LogP contribution is -2.14. The first kappa shape index (κ1) is 13.3. The fourth-order valence-corrected chi connectivity index (χ4v) is 2.43. The molecule has 0 aliphatic carbocycles. The van der Waals surface area contributed by atoms with Crippen molar-refractivity contribution in [1.29, 1.82) is 0 Å². The molecule has 0 fully saturated rings. The Bertz CT molecular complexity index is 549. The van der Waals surface area contributed by atoms with Crippen LogP contribution in [0.25, 0.3) is 0 Å². The minimum Gasteiger partial charge on any atom is -0.324 e. The molecule has 0 bridgehead atoms. The summed E-state index contributed by atoms with van der Waals surface area (Å²) in [5, 5.41) is 0. The third kappa shape index (κ3) is 3.01. The largest absolute Gasteiger partial charge is 0.324 e. The van der Waals surface area contributed by atoms with Crippen LogP contribution in [0.3, 0.4) is 0 Å². The van der Waals surface area contributed by atoms with E-state index in [1.165, 1.54) is 22.3 Å². The Hall–Kier alpha value is -1.12. The van der Waals surface area contributed by atoms with E-state index in [2.05, 4.69) is 72.2 Å². The van der Waals surface area contributed by atoms with E-state index in [1.807, 2.05) is 0 Å². The zero-order valence-corrected chi connectivity index (χ0v) is 12.4. The third-order valence-electron chi connectivity index (χ3n) is 3.33. The van der Waals surface area contributed by atoms with Crippen LogP contribution in [0.4, 0.5) is 0 Å². The van der Waals surface area contributed by atoms with Gasteiger partial charge < -0.3 is 5.73 Å². The van der Waals surface area contributed by atoms with Gasteiger partial charge in [0.25, 0.3) is 0 Å². The highest BCUT2D eigenvalue weighted by Crippen LogP contribution is 2.23. The van der Waals surface area contributed by atoms with Crippen LogP contribution in [-0.4, -0.2) is 0 Å². The summed E-state index contributed by atoms with van der Waals surface area (Å²) in [6.07, 6.45) is 0.877. The van der Waals surface area contributed by atoms with Crippen molar-refractivity contribution in [1.82, 2.24) is 0 Å². The maximum atomic E-state index is 6.29. The number of hydrogen-bond donors (Lipinski definition) is 1. The first-order valence-electron chi connectivity index (χ1n) is 6.14. The van der Waals surface area contributed by atoms with E-state index in [4.69, 9.17) is 5.73 Å². The molecule has 0 aliphatic heterocycles. The number of halogens is 1. The summed E-state index contributed by atoms with van der Waals surface area (Å²) >= 11 is 3.56. The standard InChI is InChI=1S/C16H18BrN/c1-11-5-3-4-6-13(11)10-16(18)14-8-7-12(2)15(17)9-14/h3-9,16H,10,18H2,1-2H3. The maximum absolute atomic E-state index is 6.29. The Kier molecular flexibility index (Phi) is 4.20. The molecule has 2 N–H and O–H groups in total. The maximum Gasteiger partial charge on any atom is 0.0336 e. The summed E-state index contributed by atoms with van der Waals surface area (Å²) in [6, 6.07) is 14.8. The summed E-state index contributed by atoms with van der Waals surface area (Å²) in [5.41, 5.74) is 11.3. The van der Waals surface area contributed by atoms with Crippen molar-refractivity contribution in [2.75, 3.05) is 0 Å². The van der Waals surface area contributed by atoms with Crippen LogP contribution in [-0.2, 0) is 6.42 Å². The first-order chi connectivity index (χ1) is 8.58. The average molecular weight is 304 g/mol. The molecule has 0 aromatic heterocycles. The van der Waals surface area contributed by atoms with Crippen molar-refractivity contribution in [2.45, 2.75) is 26.3 Å². The third-order valence-corrected chi connectivity index (χ3v) is 4.18. The van der Waals surface area contributed by atoms with Crippen molar-refractivity contribution in [3.05, 3.63) is 69.2 Å². The van der Waals surface area contributed by atoms with Gasteiger partial charge in [-0.25, -0.2) is 0 Å². The van der Waals surface area contributed by atoms with Crippen LogP contribution in [0.5, 0.6) is 0 Å². The van der Waals surface area contributed by atoms with Gasteiger partial charge in [0.2, 0.25) is 0 Å². The van der Waals surface area contributed by atoms with E-state index < -0.39 is 0 Å². The molecular weight excluding hydrogens is 286 g/mol. The minimum absolute atomic E-state index is 0.0444. The SMILES string of the molecule is Cc1ccc(C(N)Cc2ccccc2C)cc1Br. The molecule has 1 nitrogen and oxygen atoms in total. The van der Waals surface area contributed by atoms with E-state index in [1.54, 1.807) is 0 Å². The summed E-state index contributed by atoms with van der Waals surface area (Å²) in [5.74, 6) is 0. The van der Waals surface area contributed by atoms with Gasteiger partial charge in [-0.15, -0.1) is 0 Å². The number of rotatable bonds is 3. The van der Waals surface area contributed by atoms with Crippen LogP contribution >= 0.6 is 15.9 Å². The van der Waals surface area contributed by atoms with Crippen LogP contribution in [0.15, 0.2) is 46.9 Å². The van der Waals surface area contributed by atoms with Gasteiger partial charge in [-0.2, -0.15) is 0 Å². The quantitative estimate of drug-likeness (QED) is 0.898. The van der Waals surface area contributed by atoms with Crippen molar-refractivity contribution in [3.63, 3.8) is 0 Å². The fraction of sp³-hybridized carbons (Fsp3) is 0.250. The molecular formula is C16H18BrN. The van der Waals surface area contributed by atoms with Crippen LogP contribution in [0.2, 0.25) is 0 Å². The lowest BCUT2D eigenvalue weighted by Gasteiger charge is -2.15. The molecule has 0 heterocycles. The second-order valence-electron chi connectivity index (χ2n) is 4.75. The number of nitrogens with two attached hydrogens (primary N) is 1. The number of hydrogen-bond acceptors (Lipinski definition) is 1. The molecule has 0 saturated carbocycles. The van der Waals surface area contributed by atoms with Crippen LogP contribution < -0.4 is 5.73 Å². The molecule has 0 aliphatic rings. The monoisotopic (exact) mass is 303 g/mol. The van der Waals surface area contributed by atoms with Crippen molar-refractivity contribution in [3.8, 4) is 0 Å². The molecule has 0 radical (unpaired) electrons. The average Bonchev–Trinajstić information content (AvgIpc) is 2.35. The Morgan fingerprint density at radius 1 is 1.06 bits per heavy atom.